The highest BCUT2D eigenvalue weighted by atomic mass is 35.5. The van der Waals surface area contributed by atoms with Crippen molar-refractivity contribution in [2.24, 2.45) is 5.92 Å². The minimum atomic E-state index is -0.479. The molecule has 1 aliphatic heterocycles. The molecule has 28 heavy (non-hydrogen) atoms. The molecule has 0 bridgehead atoms. The number of ether oxygens (including phenoxy) is 1. The van der Waals surface area contributed by atoms with Crippen LogP contribution in [0.1, 0.15) is 13.3 Å². The van der Waals surface area contributed by atoms with Crippen LogP contribution in [0, 0.1) is 5.92 Å². The minimum Gasteiger partial charge on any atom is -0.497 e. The van der Waals surface area contributed by atoms with Crippen LogP contribution in [0.25, 0.3) is 0 Å². The molecular formula is C20H20ClN3O4. The van der Waals surface area contributed by atoms with Gasteiger partial charge in [0.1, 0.15) is 5.75 Å². The third kappa shape index (κ3) is 4.43. The topological polar surface area (TPSA) is 87.7 Å². The third-order valence-electron chi connectivity index (χ3n) is 4.41. The van der Waals surface area contributed by atoms with Gasteiger partial charge < -0.3 is 20.3 Å². The van der Waals surface area contributed by atoms with Gasteiger partial charge in [0, 0.05) is 37.3 Å². The lowest BCUT2D eigenvalue weighted by molar-refractivity contribution is -0.122. The zero-order valence-electron chi connectivity index (χ0n) is 15.5. The number of rotatable bonds is 5. The number of carbonyl (C=O) groups is 3. The number of nitrogens with one attached hydrogen (secondary N) is 2. The average molecular weight is 402 g/mol. The Morgan fingerprint density at radius 3 is 2.64 bits per heavy atom. The van der Waals surface area contributed by atoms with Gasteiger partial charge in [0.2, 0.25) is 17.7 Å². The van der Waals surface area contributed by atoms with Gasteiger partial charge in [0.25, 0.3) is 0 Å². The number of amides is 3. The van der Waals surface area contributed by atoms with Crippen LogP contribution in [-0.4, -0.2) is 31.4 Å². The van der Waals surface area contributed by atoms with Crippen molar-refractivity contribution >= 4 is 46.4 Å². The van der Waals surface area contributed by atoms with Crippen molar-refractivity contribution in [2.45, 2.75) is 13.3 Å². The van der Waals surface area contributed by atoms with E-state index in [0.717, 1.165) is 0 Å². The Morgan fingerprint density at radius 2 is 1.96 bits per heavy atom. The molecule has 0 aromatic heterocycles. The fourth-order valence-electron chi connectivity index (χ4n) is 3.04. The van der Waals surface area contributed by atoms with Crippen molar-refractivity contribution in [3.63, 3.8) is 0 Å². The Labute approximate surface area is 167 Å². The number of halogens is 1. The average Bonchev–Trinajstić information content (AvgIpc) is 3.05. The van der Waals surface area contributed by atoms with Gasteiger partial charge in [-0.05, 0) is 30.3 Å². The second kappa shape index (κ2) is 8.31. The monoisotopic (exact) mass is 401 g/mol. The number of hydrogen-bond acceptors (Lipinski definition) is 4. The highest BCUT2D eigenvalue weighted by molar-refractivity contribution is 6.34. The summed E-state index contributed by atoms with van der Waals surface area (Å²) in [6.07, 6.45) is 0.126. The number of carbonyl (C=O) groups excluding carboxylic acids is 3. The molecule has 0 saturated carbocycles. The van der Waals surface area contributed by atoms with Gasteiger partial charge in [-0.1, -0.05) is 17.7 Å². The van der Waals surface area contributed by atoms with E-state index in [9.17, 15) is 14.4 Å². The Bertz CT molecular complexity index is 931. The highest BCUT2D eigenvalue weighted by Gasteiger charge is 2.35. The summed E-state index contributed by atoms with van der Waals surface area (Å²) < 4.78 is 5.19. The van der Waals surface area contributed by atoms with Gasteiger partial charge in [-0.25, -0.2) is 0 Å². The van der Waals surface area contributed by atoms with Gasteiger partial charge >= 0.3 is 0 Å². The van der Waals surface area contributed by atoms with Crippen LogP contribution in [-0.2, 0) is 14.4 Å². The molecule has 146 valence electrons. The highest BCUT2D eigenvalue weighted by Crippen LogP contribution is 2.30. The first-order valence-electron chi connectivity index (χ1n) is 8.70. The van der Waals surface area contributed by atoms with Crippen LogP contribution >= 0.6 is 11.6 Å². The second-order valence-electron chi connectivity index (χ2n) is 6.47. The van der Waals surface area contributed by atoms with Crippen molar-refractivity contribution < 1.29 is 19.1 Å². The van der Waals surface area contributed by atoms with Gasteiger partial charge in [-0.3, -0.25) is 14.4 Å². The van der Waals surface area contributed by atoms with E-state index < -0.39 is 5.92 Å². The van der Waals surface area contributed by atoms with Crippen LogP contribution in [0.2, 0.25) is 5.02 Å². The molecule has 2 aromatic carbocycles. The lowest BCUT2D eigenvalue weighted by Gasteiger charge is -2.17. The summed E-state index contributed by atoms with van der Waals surface area (Å²) >= 11 is 6.13. The smallest absolute Gasteiger partial charge is 0.229 e. The maximum absolute atomic E-state index is 12.6. The van der Waals surface area contributed by atoms with E-state index >= 15 is 0 Å². The zero-order chi connectivity index (χ0) is 20.3. The predicted octanol–water partition coefficient (Wildman–Crippen LogP) is 3.30. The number of anilines is 3. The number of hydrogen-bond donors (Lipinski definition) is 2. The molecule has 3 amide bonds. The maximum atomic E-state index is 12.6. The summed E-state index contributed by atoms with van der Waals surface area (Å²) in [5.41, 5.74) is 1.66. The second-order valence-corrected chi connectivity index (χ2v) is 6.88. The van der Waals surface area contributed by atoms with Crippen LogP contribution < -0.4 is 20.3 Å². The molecule has 1 aliphatic rings. The van der Waals surface area contributed by atoms with E-state index in [1.54, 1.807) is 54.5 Å². The molecule has 1 heterocycles. The van der Waals surface area contributed by atoms with E-state index in [2.05, 4.69) is 10.6 Å². The van der Waals surface area contributed by atoms with Gasteiger partial charge in [-0.15, -0.1) is 0 Å². The van der Waals surface area contributed by atoms with Crippen molar-refractivity contribution in [3.8, 4) is 5.75 Å². The molecule has 7 nitrogen and oxygen atoms in total. The Balaban J connectivity index is 1.67. The summed E-state index contributed by atoms with van der Waals surface area (Å²) in [7, 11) is 1.56. The SMILES string of the molecule is COc1cccc(N2C[C@H](C(=O)Nc3ccc(NC(C)=O)c(Cl)c3)CC2=O)c1. The largest absolute Gasteiger partial charge is 0.497 e. The molecule has 2 aromatic rings. The maximum Gasteiger partial charge on any atom is 0.229 e. The lowest BCUT2D eigenvalue weighted by Crippen LogP contribution is -2.28. The van der Waals surface area contributed by atoms with Crippen molar-refractivity contribution in [1.82, 2.24) is 0 Å². The fourth-order valence-corrected chi connectivity index (χ4v) is 3.27. The van der Waals surface area contributed by atoms with Gasteiger partial charge in [-0.2, -0.15) is 0 Å². The summed E-state index contributed by atoms with van der Waals surface area (Å²) in [5.74, 6) is -0.449. The van der Waals surface area contributed by atoms with Crippen LogP contribution in [0.4, 0.5) is 17.1 Å². The van der Waals surface area contributed by atoms with Gasteiger partial charge in [0.05, 0.1) is 23.7 Å². The Morgan fingerprint density at radius 1 is 1.18 bits per heavy atom. The zero-order valence-corrected chi connectivity index (χ0v) is 16.2. The molecule has 3 rings (SSSR count). The molecule has 1 saturated heterocycles. The first-order valence-corrected chi connectivity index (χ1v) is 9.07. The van der Waals surface area contributed by atoms with E-state index in [1.807, 2.05) is 0 Å². The third-order valence-corrected chi connectivity index (χ3v) is 4.72. The summed E-state index contributed by atoms with van der Waals surface area (Å²) in [5, 5.41) is 5.70. The normalized spacial score (nSPS) is 16.0. The van der Waals surface area contributed by atoms with Crippen molar-refractivity contribution in [2.75, 3.05) is 29.2 Å². The summed E-state index contributed by atoms with van der Waals surface area (Å²) in [6, 6.07) is 12.0. The molecule has 1 fully saturated rings. The molecule has 0 spiro atoms. The number of benzene rings is 2. The first-order chi connectivity index (χ1) is 13.4. The number of nitrogens with zero attached hydrogens (tertiary/aromatic N) is 1. The first kappa shape index (κ1) is 19.7. The Kier molecular flexibility index (Phi) is 5.84. The molecule has 0 aliphatic carbocycles. The summed E-state index contributed by atoms with van der Waals surface area (Å²) in [4.78, 5) is 37.7. The molecule has 8 heteroatoms. The molecule has 2 N–H and O–H groups in total. The predicted molar refractivity (Wildman–Crippen MR) is 108 cm³/mol. The molecular weight excluding hydrogens is 382 g/mol. The quantitative estimate of drug-likeness (QED) is 0.804. The molecule has 0 unspecified atom stereocenters. The van der Waals surface area contributed by atoms with E-state index in [-0.39, 0.29) is 30.7 Å². The standard InChI is InChI=1S/C20H20ClN3O4/c1-12(25)22-18-7-6-14(9-17(18)21)23-20(27)13-8-19(26)24(11-13)15-4-3-5-16(10-15)28-2/h3-7,9-10,13H,8,11H2,1-2H3,(H,22,25)(H,23,27)/t13-/m1/s1. The van der Waals surface area contributed by atoms with E-state index in [4.69, 9.17) is 16.3 Å². The molecule has 0 radical (unpaired) electrons. The summed E-state index contributed by atoms with van der Waals surface area (Å²) in [6.45, 7) is 1.67. The van der Waals surface area contributed by atoms with Gasteiger partial charge in [0.15, 0.2) is 0 Å². The number of methoxy groups -OCH3 is 1. The fraction of sp³-hybridized carbons (Fsp3) is 0.250. The van der Waals surface area contributed by atoms with Crippen LogP contribution in [0.15, 0.2) is 42.5 Å². The van der Waals surface area contributed by atoms with Crippen LogP contribution in [0.5, 0.6) is 5.75 Å². The van der Waals surface area contributed by atoms with Crippen LogP contribution in [0.3, 0.4) is 0 Å². The van der Waals surface area contributed by atoms with E-state index in [0.29, 0.717) is 27.8 Å². The van der Waals surface area contributed by atoms with E-state index in [1.165, 1.54) is 6.92 Å². The minimum absolute atomic E-state index is 0.118. The van der Waals surface area contributed by atoms with Crippen molar-refractivity contribution in [3.05, 3.63) is 47.5 Å². The Hall–Kier alpha value is -3.06. The lowest BCUT2D eigenvalue weighted by atomic mass is 10.1. The van der Waals surface area contributed by atoms with Crippen molar-refractivity contribution in [1.29, 1.82) is 0 Å². The molecule has 1 atom stereocenters.